The highest BCUT2D eigenvalue weighted by Gasteiger charge is 2.30. The van der Waals surface area contributed by atoms with Gasteiger partial charge in [0, 0.05) is 24.5 Å². The second-order valence-electron chi connectivity index (χ2n) is 8.46. The van der Waals surface area contributed by atoms with Crippen LogP contribution in [0.2, 0.25) is 0 Å². The summed E-state index contributed by atoms with van der Waals surface area (Å²) in [5.74, 6) is 0.233. The van der Waals surface area contributed by atoms with Gasteiger partial charge in [0.05, 0.1) is 0 Å². The second kappa shape index (κ2) is 10.2. The fourth-order valence-electron chi connectivity index (χ4n) is 4.31. The maximum Gasteiger partial charge on any atom is 0.223 e. The number of nitrogens with zero attached hydrogens (tertiary/aromatic N) is 2. The molecule has 1 aromatic carbocycles. The molecule has 4 nitrogen and oxygen atoms in total. The Kier molecular flexibility index (Phi) is 7.63. The molecule has 2 aliphatic heterocycles. The molecule has 0 radical (unpaired) electrons. The van der Waals surface area contributed by atoms with Crippen LogP contribution in [0.4, 0.5) is 4.39 Å². The monoisotopic (exact) mass is 387 g/mol. The third-order valence-corrected chi connectivity index (χ3v) is 5.95. The maximum absolute atomic E-state index is 12.9. The fraction of sp³-hybridized carbons (Fsp3) is 0.609. The average Bonchev–Trinajstić information content (AvgIpc) is 2.70. The molecule has 0 spiro atoms. The predicted molar refractivity (Wildman–Crippen MR) is 112 cm³/mol. The van der Waals surface area contributed by atoms with Gasteiger partial charge in [-0.1, -0.05) is 24.3 Å². The summed E-state index contributed by atoms with van der Waals surface area (Å²) in [5, 5.41) is 3.06. The highest BCUT2D eigenvalue weighted by Crippen LogP contribution is 2.24. The molecule has 1 amide bonds. The van der Waals surface area contributed by atoms with Crippen molar-refractivity contribution in [2.45, 2.75) is 51.6 Å². The van der Waals surface area contributed by atoms with Gasteiger partial charge in [0.25, 0.3) is 0 Å². The minimum absolute atomic E-state index is 0.190. The van der Waals surface area contributed by atoms with E-state index in [-0.39, 0.29) is 23.7 Å². The van der Waals surface area contributed by atoms with Crippen molar-refractivity contribution in [3.05, 3.63) is 41.7 Å². The number of carbonyl (C=O) groups is 1. The minimum Gasteiger partial charge on any atom is -0.354 e. The molecule has 0 aromatic heterocycles. The van der Waals surface area contributed by atoms with E-state index in [1.807, 2.05) is 26.0 Å². The number of likely N-dealkylation sites (tertiary alicyclic amines) is 2. The van der Waals surface area contributed by atoms with Crippen LogP contribution >= 0.6 is 0 Å². The summed E-state index contributed by atoms with van der Waals surface area (Å²) in [6.45, 7) is 9.32. The van der Waals surface area contributed by atoms with Crippen LogP contribution in [-0.2, 0) is 4.79 Å². The van der Waals surface area contributed by atoms with Crippen LogP contribution in [0.3, 0.4) is 0 Å². The Hall–Kier alpha value is -1.72. The quantitative estimate of drug-likeness (QED) is 0.811. The lowest BCUT2D eigenvalue weighted by atomic mass is 9.92. The summed E-state index contributed by atoms with van der Waals surface area (Å²) in [7, 11) is 0. The molecule has 0 aliphatic carbocycles. The maximum atomic E-state index is 12.9. The summed E-state index contributed by atoms with van der Waals surface area (Å²) in [4.78, 5) is 17.3. The summed E-state index contributed by atoms with van der Waals surface area (Å²) >= 11 is 0. The molecule has 2 heterocycles. The van der Waals surface area contributed by atoms with Gasteiger partial charge in [-0.2, -0.15) is 0 Å². The topological polar surface area (TPSA) is 35.6 Å². The minimum atomic E-state index is -0.191. The molecule has 2 fully saturated rings. The van der Waals surface area contributed by atoms with Crippen LogP contribution < -0.4 is 5.32 Å². The molecule has 154 valence electrons. The molecule has 1 N–H and O–H groups in total. The first-order valence-corrected chi connectivity index (χ1v) is 10.7. The fourth-order valence-corrected chi connectivity index (χ4v) is 4.31. The summed E-state index contributed by atoms with van der Waals surface area (Å²) < 4.78 is 12.9. The average molecular weight is 388 g/mol. The molecule has 2 aliphatic rings. The van der Waals surface area contributed by atoms with E-state index in [0.29, 0.717) is 6.04 Å². The van der Waals surface area contributed by atoms with Crippen molar-refractivity contribution in [1.82, 2.24) is 15.1 Å². The van der Waals surface area contributed by atoms with E-state index in [1.165, 1.54) is 25.0 Å². The van der Waals surface area contributed by atoms with Crippen LogP contribution in [0.5, 0.6) is 0 Å². The Morgan fingerprint density at radius 3 is 2.36 bits per heavy atom. The number of benzene rings is 1. The van der Waals surface area contributed by atoms with Gasteiger partial charge in [-0.05, 0) is 83.4 Å². The Morgan fingerprint density at radius 2 is 1.75 bits per heavy atom. The number of carbonyl (C=O) groups excluding carboxylic acids is 1. The third kappa shape index (κ3) is 6.14. The summed E-state index contributed by atoms with van der Waals surface area (Å²) in [6.07, 6.45) is 8.61. The van der Waals surface area contributed by atoms with Crippen molar-refractivity contribution in [1.29, 1.82) is 0 Å². The molecule has 5 heteroatoms. The molecule has 0 bridgehead atoms. The second-order valence-corrected chi connectivity index (χ2v) is 8.46. The molecule has 0 atom stereocenters. The van der Waals surface area contributed by atoms with Crippen LogP contribution in [0.1, 0.15) is 45.1 Å². The zero-order valence-electron chi connectivity index (χ0n) is 17.2. The van der Waals surface area contributed by atoms with Crippen molar-refractivity contribution >= 4 is 12.0 Å². The zero-order chi connectivity index (χ0) is 19.9. The zero-order valence-corrected chi connectivity index (χ0v) is 17.2. The Bertz CT molecular complexity index is 642. The van der Waals surface area contributed by atoms with Crippen molar-refractivity contribution in [3.8, 4) is 0 Å². The Labute approximate surface area is 168 Å². The van der Waals surface area contributed by atoms with E-state index in [2.05, 4.69) is 27.3 Å². The van der Waals surface area contributed by atoms with E-state index in [0.717, 1.165) is 51.1 Å². The van der Waals surface area contributed by atoms with Gasteiger partial charge >= 0.3 is 0 Å². The van der Waals surface area contributed by atoms with E-state index in [9.17, 15) is 9.18 Å². The molecule has 28 heavy (non-hydrogen) atoms. The summed E-state index contributed by atoms with van der Waals surface area (Å²) in [5.41, 5.74) is 1.04. The van der Waals surface area contributed by atoms with Crippen molar-refractivity contribution in [3.63, 3.8) is 0 Å². The largest absolute Gasteiger partial charge is 0.354 e. The van der Waals surface area contributed by atoms with Gasteiger partial charge in [0.2, 0.25) is 5.91 Å². The lowest BCUT2D eigenvalue weighted by Gasteiger charge is -2.41. The van der Waals surface area contributed by atoms with E-state index in [4.69, 9.17) is 0 Å². The Balaban J connectivity index is 1.36. The first-order valence-electron chi connectivity index (χ1n) is 10.7. The van der Waals surface area contributed by atoms with Crippen LogP contribution in [0.15, 0.2) is 30.3 Å². The number of hydrogen-bond acceptors (Lipinski definition) is 3. The van der Waals surface area contributed by atoms with Crippen molar-refractivity contribution in [2.24, 2.45) is 5.92 Å². The number of rotatable bonds is 6. The molecule has 0 unspecified atom stereocenters. The number of amides is 1. The van der Waals surface area contributed by atoms with Crippen molar-refractivity contribution < 1.29 is 9.18 Å². The smallest absolute Gasteiger partial charge is 0.223 e. The number of halogens is 1. The van der Waals surface area contributed by atoms with Crippen LogP contribution in [0.25, 0.3) is 6.08 Å². The van der Waals surface area contributed by atoms with Gasteiger partial charge in [-0.15, -0.1) is 0 Å². The van der Waals surface area contributed by atoms with Crippen molar-refractivity contribution in [2.75, 3.05) is 32.7 Å². The molecular formula is C23H34FN3O. The van der Waals surface area contributed by atoms with Gasteiger partial charge in [-0.25, -0.2) is 4.39 Å². The highest BCUT2D eigenvalue weighted by atomic mass is 19.1. The number of nitrogens with one attached hydrogen (secondary N) is 1. The SMILES string of the molecule is CC(C)NC(=O)C1CCN(C2CCN(C/C=C/c3ccc(F)cc3)CC2)CC1. The third-order valence-electron chi connectivity index (χ3n) is 5.95. The van der Waals surface area contributed by atoms with Gasteiger partial charge in [0.1, 0.15) is 5.82 Å². The van der Waals surface area contributed by atoms with Crippen LogP contribution in [0, 0.1) is 11.7 Å². The molecule has 3 rings (SSSR count). The predicted octanol–water partition coefficient (Wildman–Crippen LogP) is 3.54. The molecule has 2 saturated heterocycles. The van der Waals surface area contributed by atoms with Gasteiger partial charge in [-0.3, -0.25) is 9.69 Å². The summed E-state index contributed by atoms with van der Waals surface area (Å²) in [6, 6.07) is 7.51. The molecular weight excluding hydrogens is 353 g/mol. The standard InChI is InChI=1S/C23H34FN3O/c1-18(2)25-23(28)20-9-16-27(17-10-20)22-11-14-26(15-12-22)13-3-4-19-5-7-21(24)8-6-19/h3-8,18,20,22H,9-17H2,1-2H3,(H,25,28)/b4-3+. The lowest BCUT2D eigenvalue weighted by Crippen LogP contribution is -2.49. The number of hydrogen-bond donors (Lipinski definition) is 1. The first kappa shape index (κ1) is 21.0. The molecule has 1 aromatic rings. The van der Waals surface area contributed by atoms with E-state index >= 15 is 0 Å². The van der Waals surface area contributed by atoms with Crippen LogP contribution in [-0.4, -0.2) is 60.5 Å². The van der Waals surface area contributed by atoms with Gasteiger partial charge < -0.3 is 10.2 Å². The molecule has 0 saturated carbocycles. The van der Waals surface area contributed by atoms with E-state index < -0.39 is 0 Å². The van der Waals surface area contributed by atoms with Gasteiger partial charge in [0.15, 0.2) is 0 Å². The normalized spacial score (nSPS) is 20.9. The lowest BCUT2D eigenvalue weighted by molar-refractivity contribution is -0.127. The number of piperidine rings is 2. The highest BCUT2D eigenvalue weighted by molar-refractivity contribution is 5.78. The first-order chi connectivity index (χ1) is 13.5. The van der Waals surface area contributed by atoms with E-state index in [1.54, 1.807) is 0 Å². The Morgan fingerprint density at radius 1 is 1.11 bits per heavy atom.